The van der Waals surface area contributed by atoms with E-state index in [0.717, 1.165) is 23.5 Å². The number of halogens is 4. The highest BCUT2D eigenvalue weighted by atomic mass is 35.5. The Morgan fingerprint density at radius 3 is 2.71 bits per heavy atom. The number of thiophene rings is 1. The van der Waals surface area contributed by atoms with Gasteiger partial charge in [0.2, 0.25) is 0 Å². The normalized spacial score (nSPS) is 12.6. The van der Waals surface area contributed by atoms with Gasteiger partial charge in [0.15, 0.2) is 5.06 Å². The molecule has 2 aromatic heterocycles. The van der Waals surface area contributed by atoms with Crippen molar-refractivity contribution in [3.63, 3.8) is 0 Å². The molecule has 3 aromatic rings. The monoisotopic (exact) mass is 472 g/mol. The maximum Gasteiger partial charge on any atom is 0.416 e. The SMILES string of the molecule is COc1sc(C(=O)N[C@H](CN)Cc2cccc(C(F)(F)F)c2)cc1-c1c(Cl)cnn1C. The fourth-order valence-corrected chi connectivity index (χ4v) is 4.27. The minimum atomic E-state index is -4.44. The number of rotatable bonds is 7. The molecule has 0 aliphatic rings. The van der Waals surface area contributed by atoms with Gasteiger partial charge < -0.3 is 15.8 Å². The van der Waals surface area contributed by atoms with Crippen molar-refractivity contribution in [1.82, 2.24) is 15.1 Å². The van der Waals surface area contributed by atoms with Gasteiger partial charge in [-0.25, -0.2) is 0 Å². The van der Waals surface area contributed by atoms with Crippen molar-refractivity contribution >= 4 is 28.8 Å². The Balaban J connectivity index is 1.79. The van der Waals surface area contributed by atoms with E-state index in [-0.39, 0.29) is 13.0 Å². The molecular weight excluding hydrogens is 453 g/mol. The summed E-state index contributed by atoms with van der Waals surface area (Å²) in [6.45, 7) is 0.0604. The molecule has 6 nitrogen and oxygen atoms in total. The number of amides is 1. The zero-order valence-electron chi connectivity index (χ0n) is 16.7. The highest BCUT2D eigenvalue weighted by molar-refractivity contribution is 7.16. The van der Waals surface area contributed by atoms with Gasteiger partial charge in [0.05, 0.1) is 40.0 Å². The lowest BCUT2D eigenvalue weighted by molar-refractivity contribution is -0.137. The third-order valence-electron chi connectivity index (χ3n) is 4.61. The van der Waals surface area contributed by atoms with Gasteiger partial charge in [-0.15, -0.1) is 0 Å². The Morgan fingerprint density at radius 1 is 1.39 bits per heavy atom. The second-order valence-electron chi connectivity index (χ2n) is 6.79. The summed E-state index contributed by atoms with van der Waals surface area (Å²) in [5.74, 6) is -0.407. The van der Waals surface area contributed by atoms with E-state index < -0.39 is 23.7 Å². The molecule has 1 amide bonds. The van der Waals surface area contributed by atoms with Crippen LogP contribution in [0.25, 0.3) is 11.3 Å². The summed E-state index contributed by atoms with van der Waals surface area (Å²) in [6, 6.07) is 6.06. The van der Waals surface area contributed by atoms with E-state index in [2.05, 4.69) is 10.4 Å². The molecule has 0 bridgehead atoms. The van der Waals surface area contributed by atoms with Crippen molar-refractivity contribution in [2.45, 2.75) is 18.6 Å². The van der Waals surface area contributed by atoms with Crippen LogP contribution in [-0.2, 0) is 19.6 Å². The fourth-order valence-electron chi connectivity index (χ4n) is 3.13. The molecule has 0 aliphatic heterocycles. The molecule has 31 heavy (non-hydrogen) atoms. The quantitative estimate of drug-likeness (QED) is 0.541. The Hall–Kier alpha value is -2.56. The average molecular weight is 473 g/mol. The van der Waals surface area contributed by atoms with Crippen LogP contribution in [0.5, 0.6) is 5.06 Å². The van der Waals surface area contributed by atoms with Crippen LogP contribution in [0.15, 0.2) is 36.5 Å². The number of nitrogens with zero attached hydrogens (tertiary/aromatic N) is 2. The Labute approximate surface area is 185 Å². The lowest BCUT2D eigenvalue weighted by Gasteiger charge is -2.17. The largest absolute Gasteiger partial charge is 0.487 e. The van der Waals surface area contributed by atoms with Crippen molar-refractivity contribution < 1.29 is 22.7 Å². The number of hydrogen-bond acceptors (Lipinski definition) is 5. The van der Waals surface area contributed by atoms with Crippen LogP contribution in [0, 0.1) is 0 Å². The number of benzene rings is 1. The fraction of sp³-hybridized carbons (Fsp3) is 0.300. The van der Waals surface area contributed by atoms with E-state index in [1.165, 1.54) is 19.4 Å². The topological polar surface area (TPSA) is 82.2 Å². The number of alkyl halides is 3. The Bertz CT molecular complexity index is 1060. The van der Waals surface area contributed by atoms with Gasteiger partial charge in [0.25, 0.3) is 5.91 Å². The second kappa shape index (κ2) is 9.29. The summed E-state index contributed by atoms with van der Waals surface area (Å²) >= 11 is 7.33. The van der Waals surface area contributed by atoms with Crippen LogP contribution in [0.2, 0.25) is 5.02 Å². The van der Waals surface area contributed by atoms with Crippen molar-refractivity contribution in [2.24, 2.45) is 12.8 Å². The molecule has 11 heteroatoms. The molecule has 0 aliphatic carbocycles. The van der Waals surface area contributed by atoms with Crippen LogP contribution in [-0.4, -0.2) is 35.4 Å². The summed E-state index contributed by atoms with van der Waals surface area (Å²) < 4.78 is 45.8. The lowest BCUT2D eigenvalue weighted by atomic mass is 10.0. The molecule has 0 saturated carbocycles. The van der Waals surface area contributed by atoms with E-state index in [0.29, 0.717) is 31.8 Å². The van der Waals surface area contributed by atoms with Crippen molar-refractivity contribution in [1.29, 1.82) is 0 Å². The molecule has 2 heterocycles. The molecule has 0 radical (unpaired) electrons. The number of ether oxygens (including phenoxy) is 1. The Kier molecular flexibility index (Phi) is 6.93. The van der Waals surface area contributed by atoms with E-state index >= 15 is 0 Å². The van der Waals surface area contributed by atoms with Crippen LogP contribution < -0.4 is 15.8 Å². The maximum absolute atomic E-state index is 12.9. The van der Waals surface area contributed by atoms with Crippen molar-refractivity contribution in [3.8, 4) is 16.3 Å². The molecule has 0 spiro atoms. The molecule has 0 saturated heterocycles. The molecule has 1 atom stereocenters. The van der Waals surface area contributed by atoms with Gasteiger partial charge in [0, 0.05) is 19.6 Å². The summed E-state index contributed by atoms with van der Waals surface area (Å²) in [7, 11) is 3.20. The number of aryl methyl sites for hydroxylation is 1. The molecule has 0 fully saturated rings. The van der Waals surface area contributed by atoms with E-state index in [9.17, 15) is 18.0 Å². The number of aromatic nitrogens is 2. The summed E-state index contributed by atoms with van der Waals surface area (Å²) in [4.78, 5) is 13.2. The summed E-state index contributed by atoms with van der Waals surface area (Å²) in [5.41, 5.74) is 6.67. The van der Waals surface area contributed by atoms with Gasteiger partial charge in [0.1, 0.15) is 0 Å². The first-order valence-electron chi connectivity index (χ1n) is 9.16. The molecular formula is C20H20ClF3N4O2S. The average Bonchev–Trinajstić information content (AvgIpc) is 3.29. The second-order valence-corrected chi connectivity index (χ2v) is 8.21. The lowest BCUT2D eigenvalue weighted by Crippen LogP contribution is -2.41. The minimum absolute atomic E-state index is 0.0604. The molecule has 3 N–H and O–H groups in total. The van der Waals surface area contributed by atoms with Gasteiger partial charge in [-0.3, -0.25) is 9.48 Å². The highest BCUT2D eigenvalue weighted by Gasteiger charge is 2.30. The molecule has 3 rings (SSSR count). The first kappa shape index (κ1) is 23.1. The number of nitrogens with two attached hydrogens (primary N) is 1. The number of methoxy groups -OCH3 is 1. The first-order chi connectivity index (χ1) is 14.6. The number of carbonyl (C=O) groups is 1. The predicted molar refractivity (Wildman–Crippen MR) is 114 cm³/mol. The zero-order valence-corrected chi connectivity index (χ0v) is 18.2. The minimum Gasteiger partial charge on any atom is -0.487 e. The number of hydrogen-bond donors (Lipinski definition) is 2. The van der Waals surface area contributed by atoms with Gasteiger partial charge >= 0.3 is 6.18 Å². The third-order valence-corrected chi connectivity index (χ3v) is 5.98. The van der Waals surface area contributed by atoms with Gasteiger partial charge in [-0.2, -0.15) is 18.3 Å². The van der Waals surface area contributed by atoms with E-state index in [4.69, 9.17) is 22.1 Å². The number of carbonyl (C=O) groups excluding carboxylic acids is 1. The van der Waals surface area contributed by atoms with Crippen molar-refractivity contribution in [3.05, 3.63) is 57.6 Å². The standard InChI is InChI=1S/C20H20ClF3N4O2S/c1-28-17(15(21)10-26-28)14-8-16(31-19(14)30-2)18(29)27-13(9-25)7-11-4-3-5-12(6-11)20(22,23)24/h3-6,8,10,13H,7,9,25H2,1-2H3,(H,27,29)/t13-/m0/s1. The van der Waals surface area contributed by atoms with Crippen LogP contribution >= 0.6 is 22.9 Å². The highest BCUT2D eigenvalue weighted by Crippen LogP contribution is 2.40. The van der Waals surface area contributed by atoms with Gasteiger partial charge in [-0.1, -0.05) is 41.1 Å². The van der Waals surface area contributed by atoms with Crippen molar-refractivity contribution in [2.75, 3.05) is 13.7 Å². The molecule has 0 unspecified atom stereocenters. The van der Waals surface area contributed by atoms with Crippen LogP contribution in [0.3, 0.4) is 0 Å². The third kappa shape index (κ3) is 5.20. The van der Waals surface area contributed by atoms with Gasteiger partial charge in [-0.05, 0) is 24.1 Å². The van der Waals surface area contributed by atoms with Crippen LogP contribution in [0.1, 0.15) is 20.8 Å². The summed E-state index contributed by atoms with van der Waals surface area (Å²) in [5, 5.41) is 7.77. The molecule has 166 valence electrons. The predicted octanol–water partition coefficient (Wildman–Crippen LogP) is 4.13. The maximum atomic E-state index is 12.9. The first-order valence-corrected chi connectivity index (χ1v) is 10.4. The van der Waals surface area contributed by atoms with E-state index in [1.807, 2.05) is 0 Å². The van der Waals surface area contributed by atoms with Crippen LogP contribution in [0.4, 0.5) is 13.2 Å². The number of nitrogens with one attached hydrogen (secondary N) is 1. The molecule has 1 aromatic carbocycles. The summed E-state index contributed by atoms with van der Waals surface area (Å²) in [6.07, 6.45) is -2.78. The zero-order chi connectivity index (χ0) is 22.8. The van der Waals surface area contributed by atoms with E-state index in [1.54, 1.807) is 23.9 Å². The Morgan fingerprint density at radius 2 is 2.13 bits per heavy atom. The smallest absolute Gasteiger partial charge is 0.416 e.